The van der Waals surface area contributed by atoms with Crippen LogP contribution in [-0.2, 0) is 23.9 Å². The lowest BCUT2D eigenvalue weighted by Crippen LogP contribution is -2.41. The molecule has 1 aliphatic heterocycles. The summed E-state index contributed by atoms with van der Waals surface area (Å²) in [5, 5.41) is 23.9. The van der Waals surface area contributed by atoms with Gasteiger partial charge in [-0.2, -0.15) is 0 Å². The minimum atomic E-state index is -0.995. The van der Waals surface area contributed by atoms with E-state index in [1.807, 2.05) is 6.92 Å². The Kier molecular flexibility index (Phi) is 20.1. The first-order valence-electron chi connectivity index (χ1n) is 14.6. The highest BCUT2D eigenvalue weighted by molar-refractivity contribution is 5.83. The number of nitrogens with one attached hydrogen (secondary N) is 2. The molecule has 0 radical (unpaired) electrons. The topological polar surface area (TPSA) is 137 Å². The Labute approximate surface area is 223 Å². The van der Waals surface area contributed by atoms with Crippen LogP contribution < -0.4 is 10.6 Å². The first-order chi connectivity index (χ1) is 17.9. The van der Waals surface area contributed by atoms with Gasteiger partial charge in [-0.05, 0) is 32.6 Å². The third-order valence-corrected chi connectivity index (χ3v) is 6.80. The van der Waals surface area contributed by atoms with Gasteiger partial charge >= 0.3 is 11.9 Å². The van der Waals surface area contributed by atoms with Gasteiger partial charge in [-0.3, -0.25) is 14.9 Å². The highest BCUT2D eigenvalue weighted by Gasteiger charge is 2.38. The summed E-state index contributed by atoms with van der Waals surface area (Å²) in [7, 11) is 0. The Balaban J connectivity index is 1.90. The minimum absolute atomic E-state index is 0.00207. The van der Waals surface area contributed by atoms with Gasteiger partial charge in [0.2, 0.25) is 5.91 Å². The molecule has 0 aromatic carbocycles. The van der Waals surface area contributed by atoms with Crippen molar-refractivity contribution in [2.75, 3.05) is 19.8 Å². The molecule has 1 heterocycles. The predicted molar refractivity (Wildman–Crippen MR) is 143 cm³/mol. The van der Waals surface area contributed by atoms with Crippen LogP contribution in [0.5, 0.6) is 0 Å². The lowest BCUT2D eigenvalue weighted by atomic mass is 10.0. The standard InChI is InChI=1S/C28H52N2O7/c1-2-36-22-21-29-27-24(37-27)20-19-23(28(34)35)30-25(31)17-15-13-11-9-7-5-3-4-6-8-10-12-14-16-18-26(32)33/h23-24,27,29H,2-22H2,1H3,(H,30,31)(H,32,33)(H,34,35)/t23-,24?,27?/m0/s1. The zero-order valence-corrected chi connectivity index (χ0v) is 23.0. The highest BCUT2D eigenvalue weighted by Crippen LogP contribution is 2.24. The molecule has 0 saturated carbocycles. The van der Waals surface area contributed by atoms with E-state index in [1.54, 1.807) is 0 Å². The Morgan fingerprint density at radius 1 is 0.811 bits per heavy atom. The molecule has 1 rings (SSSR count). The van der Waals surface area contributed by atoms with E-state index in [2.05, 4.69) is 10.6 Å². The molecule has 1 aliphatic rings. The molecule has 1 amide bonds. The van der Waals surface area contributed by atoms with Gasteiger partial charge in [-0.15, -0.1) is 0 Å². The zero-order valence-electron chi connectivity index (χ0n) is 23.0. The van der Waals surface area contributed by atoms with Crippen LogP contribution in [0, 0.1) is 0 Å². The summed E-state index contributed by atoms with van der Waals surface area (Å²) in [6.45, 7) is 3.95. The molecular weight excluding hydrogens is 476 g/mol. The van der Waals surface area contributed by atoms with Crippen LogP contribution in [-0.4, -0.2) is 66.2 Å². The SMILES string of the molecule is CCOCCNC1OC1CC[C@H](NC(=O)CCCCCCCCCCCCCCCCC(=O)O)C(=O)O. The summed E-state index contributed by atoms with van der Waals surface area (Å²) < 4.78 is 10.8. The largest absolute Gasteiger partial charge is 0.481 e. The van der Waals surface area contributed by atoms with Gasteiger partial charge in [-0.25, -0.2) is 4.79 Å². The number of carboxylic acids is 2. The molecule has 0 aromatic rings. The molecule has 2 unspecified atom stereocenters. The maximum Gasteiger partial charge on any atom is 0.326 e. The zero-order chi connectivity index (χ0) is 27.1. The van der Waals surface area contributed by atoms with E-state index < -0.39 is 18.0 Å². The normalized spacial score (nSPS) is 17.4. The van der Waals surface area contributed by atoms with E-state index in [4.69, 9.17) is 14.6 Å². The molecule has 0 spiro atoms. The van der Waals surface area contributed by atoms with Gasteiger partial charge in [0, 0.05) is 26.0 Å². The molecule has 0 aromatic heterocycles. The Morgan fingerprint density at radius 3 is 1.81 bits per heavy atom. The van der Waals surface area contributed by atoms with E-state index in [1.165, 1.54) is 51.4 Å². The molecule has 4 N–H and O–H groups in total. The smallest absolute Gasteiger partial charge is 0.326 e. The van der Waals surface area contributed by atoms with E-state index >= 15 is 0 Å². The van der Waals surface area contributed by atoms with E-state index in [9.17, 15) is 19.5 Å². The molecule has 37 heavy (non-hydrogen) atoms. The van der Waals surface area contributed by atoms with Crippen molar-refractivity contribution in [3.05, 3.63) is 0 Å². The van der Waals surface area contributed by atoms with E-state index in [-0.39, 0.29) is 18.2 Å². The van der Waals surface area contributed by atoms with Crippen molar-refractivity contribution in [3.8, 4) is 0 Å². The van der Waals surface area contributed by atoms with Crippen molar-refractivity contribution in [1.82, 2.24) is 10.6 Å². The van der Waals surface area contributed by atoms with Gasteiger partial charge in [0.25, 0.3) is 0 Å². The molecule has 216 valence electrons. The van der Waals surface area contributed by atoms with Crippen LogP contribution in [0.15, 0.2) is 0 Å². The van der Waals surface area contributed by atoms with Crippen LogP contribution in [0.1, 0.15) is 122 Å². The van der Waals surface area contributed by atoms with Crippen molar-refractivity contribution in [1.29, 1.82) is 0 Å². The first-order valence-corrected chi connectivity index (χ1v) is 14.6. The first kappa shape index (κ1) is 33.3. The fourth-order valence-electron chi connectivity index (χ4n) is 4.50. The van der Waals surface area contributed by atoms with Gasteiger partial charge in [0.15, 0.2) is 0 Å². The average Bonchev–Trinajstić information content (AvgIpc) is 3.61. The lowest BCUT2D eigenvalue weighted by molar-refractivity contribution is -0.142. The summed E-state index contributed by atoms with van der Waals surface area (Å²) in [5.41, 5.74) is 0. The Bertz CT molecular complexity index is 617. The van der Waals surface area contributed by atoms with Crippen molar-refractivity contribution >= 4 is 17.8 Å². The third-order valence-electron chi connectivity index (χ3n) is 6.80. The molecule has 1 saturated heterocycles. The second-order valence-electron chi connectivity index (χ2n) is 10.1. The van der Waals surface area contributed by atoms with Gasteiger partial charge in [0.1, 0.15) is 12.3 Å². The van der Waals surface area contributed by atoms with Crippen LogP contribution in [0.3, 0.4) is 0 Å². The molecule has 0 bridgehead atoms. The number of carbonyl (C=O) groups excluding carboxylic acids is 1. The van der Waals surface area contributed by atoms with Crippen LogP contribution >= 0.6 is 0 Å². The van der Waals surface area contributed by atoms with Crippen molar-refractivity contribution in [3.63, 3.8) is 0 Å². The van der Waals surface area contributed by atoms with Crippen molar-refractivity contribution in [2.45, 2.75) is 141 Å². The number of hydrogen-bond donors (Lipinski definition) is 4. The van der Waals surface area contributed by atoms with Gasteiger partial charge in [-0.1, -0.05) is 77.0 Å². The number of epoxide rings is 1. The number of aliphatic carboxylic acids is 2. The number of rotatable bonds is 27. The number of carbonyl (C=O) groups is 3. The number of hydrogen-bond acceptors (Lipinski definition) is 6. The highest BCUT2D eigenvalue weighted by atomic mass is 16.6. The summed E-state index contributed by atoms with van der Waals surface area (Å²) in [5.74, 6) is -1.87. The molecule has 9 nitrogen and oxygen atoms in total. The van der Waals surface area contributed by atoms with Crippen molar-refractivity contribution < 1.29 is 34.1 Å². The minimum Gasteiger partial charge on any atom is -0.481 e. The molecular formula is C28H52N2O7. The molecule has 0 aliphatic carbocycles. The van der Waals surface area contributed by atoms with Crippen molar-refractivity contribution in [2.24, 2.45) is 0 Å². The second kappa shape index (κ2) is 22.3. The predicted octanol–water partition coefficient (Wildman–Crippen LogP) is 5.01. The summed E-state index contributed by atoms with van der Waals surface area (Å²) in [4.78, 5) is 34.2. The summed E-state index contributed by atoms with van der Waals surface area (Å²) in [6.07, 6.45) is 17.4. The number of ether oxygens (including phenoxy) is 2. The number of carboxylic acid groups (broad SMARTS) is 2. The molecule has 3 atom stereocenters. The average molecular weight is 529 g/mol. The van der Waals surface area contributed by atoms with Gasteiger partial charge in [0.05, 0.1) is 12.7 Å². The van der Waals surface area contributed by atoms with Crippen LogP contribution in [0.4, 0.5) is 0 Å². The number of amides is 1. The Morgan fingerprint density at radius 2 is 1.32 bits per heavy atom. The third kappa shape index (κ3) is 20.0. The van der Waals surface area contributed by atoms with Crippen LogP contribution in [0.25, 0.3) is 0 Å². The maximum absolute atomic E-state index is 12.2. The fourth-order valence-corrected chi connectivity index (χ4v) is 4.50. The second-order valence-corrected chi connectivity index (χ2v) is 10.1. The van der Waals surface area contributed by atoms with E-state index in [0.29, 0.717) is 45.4 Å². The van der Waals surface area contributed by atoms with Crippen LogP contribution in [0.2, 0.25) is 0 Å². The monoisotopic (exact) mass is 528 g/mol. The Hall–Kier alpha value is -1.71. The van der Waals surface area contributed by atoms with Gasteiger partial charge < -0.3 is 25.0 Å². The summed E-state index contributed by atoms with van der Waals surface area (Å²) in [6, 6.07) is -0.863. The summed E-state index contributed by atoms with van der Waals surface area (Å²) >= 11 is 0. The van der Waals surface area contributed by atoms with E-state index in [0.717, 1.165) is 38.5 Å². The maximum atomic E-state index is 12.2. The molecule has 1 fully saturated rings. The number of unbranched alkanes of at least 4 members (excludes halogenated alkanes) is 13. The molecule has 9 heteroatoms. The lowest BCUT2D eigenvalue weighted by Gasteiger charge is -2.14. The fraction of sp³-hybridized carbons (Fsp3) is 0.893. The quantitative estimate of drug-likeness (QED) is 0.0862.